The fraction of sp³-hybridized carbons (Fsp3) is 0.533. The van der Waals surface area contributed by atoms with E-state index < -0.39 is 5.41 Å². The quantitative estimate of drug-likeness (QED) is 0.760. The van der Waals surface area contributed by atoms with E-state index in [1.54, 1.807) is 0 Å². The molecule has 2 saturated heterocycles. The first-order chi connectivity index (χ1) is 10.1. The molecule has 21 heavy (non-hydrogen) atoms. The number of imide groups is 1. The number of pyridine rings is 1. The number of carbonyl (C=O) groups excluding carboxylic acids is 2. The highest BCUT2D eigenvalue weighted by Gasteiger charge is 2.41. The Labute approximate surface area is 123 Å². The summed E-state index contributed by atoms with van der Waals surface area (Å²) >= 11 is 0. The van der Waals surface area contributed by atoms with Crippen molar-refractivity contribution in [3.8, 4) is 0 Å². The van der Waals surface area contributed by atoms with Gasteiger partial charge in [0.1, 0.15) is 0 Å². The van der Waals surface area contributed by atoms with Crippen LogP contribution in [0.3, 0.4) is 0 Å². The van der Waals surface area contributed by atoms with E-state index in [1.165, 1.54) is 0 Å². The van der Waals surface area contributed by atoms with E-state index in [9.17, 15) is 9.59 Å². The number of aromatic nitrogens is 1. The zero-order valence-electron chi connectivity index (χ0n) is 12.2. The summed E-state index contributed by atoms with van der Waals surface area (Å²) in [6, 6.07) is 3.93. The zero-order valence-corrected chi connectivity index (χ0v) is 12.2. The molecule has 0 radical (unpaired) electrons. The van der Waals surface area contributed by atoms with Gasteiger partial charge in [-0.3, -0.25) is 19.9 Å². The van der Waals surface area contributed by atoms with Crippen LogP contribution in [0.25, 0.3) is 0 Å². The second-order valence-electron chi connectivity index (χ2n) is 5.85. The Hall–Kier alpha value is -1.95. The molecular weight excluding hydrogens is 268 g/mol. The Morgan fingerprint density at radius 3 is 2.62 bits per heavy atom. The maximum absolute atomic E-state index is 12.1. The van der Waals surface area contributed by atoms with Crippen LogP contribution in [0.15, 0.2) is 18.3 Å². The van der Waals surface area contributed by atoms with Crippen molar-refractivity contribution in [1.82, 2.24) is 15.6 Å². The van der Waals surface area contributed by atoms with Crippen molar-refractivity contribution >= 4 is 17.5 Å². The predicted octanol–water partition coefficient (Wildman–Crippen LogP) is 0.186. The molecule has 112 valence electrons. The van der Waals surface area contributed by atoms with Crippen LogP contribution in [-0.2, 0) is 15.0 Å². The van der Waals surface area contributed by atoms with Gasteiger partial charge in [0.2, 0.25) is 11.8 Å². The first-order valence-corrected chi connectivity index (χ1v) is 7.36. The van der Waals surface area contributed by atoms with Gasteiger partial charge in [0.25, 0.3) is 0 Å². The first-order valence-electron chi connectivity index (χ1n) is 7.36. The van der Waals surface area contributed by atoms with Crippen LogP contribution in [0.2, 0.25) is 0 Å². The van der Waals surface area contributed by atoms with E-state index in [0.29, 0.717) is 12.8 Å². The van der Waals surface area contributed by atoms with E-state index >= 15 is 0 Å². The smallest absolute Gasteiger partial charge is 0.238 e. The highest BCUT2D eigenvalue weighted by Crippen LogP contribution is 2.31. The molecule has 3 rings (SSSR count). The van der Waals surface area contributed by atoms with Crippen LogP contribution in [0.1, 0.15) is 25.5 Å². The van der Waals surface area contributed by atoms with Crippen LogP contribution in [0.5, 0.6) is 0 Å². The molecule has 1 unspecified atom stereocenters. The summed E-state index contributed by atoms with van der Waals surface area (Å²) in [5.74, 6) is -0.448. The van der Waals surface area contributed by atoms with E-state index in [1.807, 2.05) is 25.3 Å². The highest BCUT2D eigenvalue weighted by molar-refractivity contribution is 6.02. The summed E-state index contributed by atoms with van der Waals surface area (Å²) in [6.07, 6.45) is 2.71. The van der Waals surface area contributed by atoms with Crippen LogP contribution in [0.4, 0.5) is 5.69 Å². The number of rotatable bonds is 2. The van der Waals surface area contributed by atoms with E-state index in [-0.39, 0.29) is 11.8 Å². The van der Waals surface area contributed by atoms with Gasteiger partial charge < -0.3 is 10.2 Å². The number of piperazine rings is 1. The molecule has 0 saturated carbocycles. The third-order valence-electron chi connectivity index (χ3n) is 4.40. The average Bonchev–Trinajstić information content (AvgIpc) is 2.52. The highest BCUT2D eigenvalue weighted by atomic mass is 16.2. The van der Waals surface area contributed by atoms with Crippen LogP contribution in [-0.4, -0.2) is 43.0 Å². The van der Waals surface area contributed by atoms with E-state index in [2.05, 4.69) is 20.5 Å². The number of nitrogens with one attached hydrogen (secondary N) is 2. The second-order valence-corrected chi connectivity index (χ2v) is 5.85. The Kier molecular flexibility index (Phi) is 3.63. The van der Waals surface area contributed by atoms with Gasteiger partial charge in [0, 0.05) is 32.6 Å². The van der Waals surface area contributed by atoms with Crippen molar-refractivity contribution in [2.45, 2.75) is 25.2 Å². The molecule has 2 aliphatic heterocycles. The number of hydrogen-bond acceptors (Lipinski definition) is 5. The minimum atomic E-state index is -0.712. The summed E-state index contributed by atoms with van der Waals surface area (Å²) < 4.78 is 0. The predicted molar refractivity (Wildman–Crippen MR) is 79.1 cm³/mol. The first kappa shape index (κ1) is 14.0. The van der Waals surface area contributed by atoms with Crippen molar-refractivity contribution in [2.75, 3.05) is 31.1 Å². The van der Waals surface area contributed by atoms with E-state index in [0.717, 1.165) is 37.6 Å². The molecule has 2 N–H and O–H groups in total. The lowest BCUT2D eigenvalue weighted by atomic mass is 9.78. The summed E-state index contributed by atoms with van der Waals surface area (Å²) in [5.41, 5.74) is 1.10. The third-order valence-corrected chi connectivity index (χ3v) is 4.40. The van der Waals surface area contributed by atoms with Crippen molar-refractivity contribution in [2.24, 2.45) is 0 Å². The van der Waals surface area contributed by atoms with Crippen LogP contribution in [0, 0.1) is 0 Å². The van der Waals surface area contributed by atoms with Crippen LogP contribution >= 0.6 is 0 Å². The lowest BCUT2D eigenvalue weighted by Gasteiger charge is -2.32. The number of carbonyl (C=O) groups is 2. The van der Waals surface area contributed by atoms with E-state index in [4.69, 9.17) is 0 Å². The van der Waals surface area contributed by atoms with Crippen molar-refractivity contribution in [1.29, 1.82) is 0 Å². The minimum absolute atomic E-state index is 0.199. The fourth-order valence-electron chi connectivity index (χ4n) is 2.87. The molecule has 0 bridgehead atoms. The summed E-state index contributed by atoms with van der Waals surface area (Å²) in [5, 5.41) is 5.73. The molecule has 6 nitrogen and oxygen atoms in total. The van der Waals surface area contributed by atoms with Crippen molar-refractivity contribution in [3.63, 3.8) is 0 Å². The molecule has 2 aliphatic rings. The van der Waals surface area contributed by atoms with Gasteiger partial charge in [0.15, 0.2) is 0 Å². The van der Waals surface area contributed by atoms with Gasteiger partial charge in [-0.25, -0.2) is 0 Å². The number of piperidine rings is 1. The standard InChI is InChI=1S/C15H20N4O2/c1-15(5-4-13(20)18-14(15)21)12-3-2-11(10-17-12)19-8-6-16-7-9-19/h2-3,10,16H,4-9H2,1H3,(H,18,20,21). The third kappa shape index (κ3) is 2.63. The number of nitrogens with zero attached hydrogens (tertiary/aromatic N) is 2. The van der Waals surface area contributed by atoms with Crippen molar-refractivity contribution in [3.05, 3.63) is 24.0 Å². The topological polar surface area (TPSA) is 74.3 Å². The Balaban J connectivity index is 1.80. The molecule has 0 spiro atoms. The molecule has 1 aromatic rings. The number of hydrogen-bond donors (Lipinski definition) is 2. The molecule has 6 heteroatoms. The normalized spacial score (nSPS) is 26.6. The Bertz CT molecular complexity index is 551. The maximum Gasteiger partial charge on any atom is 0.238 e. The molecule has 0 aliphatic carbocycles. The van der Waals surface area contributed by atoms with Crippen LogP contribution < -0.4 is 15.5 Å². The van der Waals surface area contributed by atoms with Gasteiger partial charge in [-0.1, -0.05) is 0 Å². The average molecular weight is 288 g/mol. The molecule has 2 amide bonds. The van der Waals surface area contributed by atoms with Gasteiger partial charge in [-0.05, 0) is 25.5 Å². The summed E-state index contributed by atoms with van der Waals surface area (Å²) in [6.45, 7) is 5.73. The lowest BCUT2D eigenvalue weighted by molar-refractivity contribution is -0.137. The van der Waals surface area contributed by atoms with Gasteiger partial charge in [0.05, 0.1) is 23.0 Å². The SMILES string of the molecule is CC1(c2ccc(N3CCNCC3)cn2)CCC(=O)NC1=O. The van der Waals surface area contributed by atoms with Gasteiger partial charge >= 0.3 is 0 Å². The van der Waals surface area contributed by atoms with Crippen molar-refractivity contribution < 1.29 is 9.59 Å². The van der Waals surface area contributed by atoms with Gasteiger partial charge in [-0.2, -0.15) is 0 Å². The molecular formula is C15H20N4O2. The molecule has 2 fully saturated rings. The summed E-state index contributed by atoms with van der Waals surface area (Å²) in [7, 11) is 0. The lowest BCUT2D eigenvalue weighted by Crippen LogP contribution is -2.50. The maximum atomic E-state index is 12.1. The molecule has 1 aromatic heterocycles. The minimum Gasteiger partial charge on any atom is -0.368 e. The largest absolute Gasteiger partial charge is 0.368 e. The zero-order chi connectivity index (χ0) is 14.9. The summed E-state index contributed by atoms with van der Waals surface area (Å²) in [4.78, 5) is 30.2. The fourth-order valence-corrected chi connectivity index (χ4v) is 2.87. The Morgan fingerprint density at radius 2 is 2.00 bits per heavy atom. The van der Waals surface area contributed by atoms with Gasteiger partial charge in [-0.15, -0.1) is 0 Å². The second kappa shape index (κ2) is 5.44. The molecule has 0 aromatic carbocycles. The Morgan fingerprint density at radius 1 is 1.24 bits per heavy atom. The molecule has 1 atom stereocenters. The number of anilines is 1. The number of amides is 2. The molecule has 3 heterocycles. The monoisotopic (exact) mass is 288 g/mol.